The zero-order valence-corrected chi connectivity index (χ0v) is 51.0. The Morgan fingerprint density at radius 3 is 1.45 bits per heavy atom. The molecule has 1 aliphatic rings. The lowest BCUT2D eigenvalue weighted by atomic mass is 9.79. The first-order valence-electron chi connectivity index (χ1n) is 31.9. The van der Waals surface area contributed by atoms with Crippen LogP contribution in [-0.2, 0) is 11.8 Å². The molecule has 0 amide bonds. The van der Waals surface area contributed by atoms with Crippen molar-refractivity contribution in [2.24, 2.45) is 0 Å². The molecular formula is C84H58N8. The Labute approximate surface area is 530 Å². The van der Waals surface area contributed by atoms with E-state index >= 15 is 0 Å². The number of aromatic nitrogens is 8. The van der Waals surface area contributed by atoms with Gasteiger partial charge in [-0.05, 0) is 147 Å². The molecule has 1 aliphatic carbocycles. The maximum absolute atomic E-state index is 5.62. The van der Waals surface area contributed by atoms with E-state index in [2.05, 4.69) is 312 Å². The average molecular weight is 1180 g/mol. The number of fused-ring (bicyclic) bond motifs is 16. The maximum atomic E-state index is 5.62. The van der Waals surface area contributed by atoms with Crippen molar-refractivity contribution >= 4 is 98.0 Å². The zero-order chi connectivity index (χ0) is 60.9. The molecule has 6 heterocycles. The van der Waals surface area contributed by atoms with E-state index in [9.17, 15) is 0 Å². The molecule has 8 nitrogen and oxygen atoms in total. The van der Waals surface area contributed by atoms with Crippen LogP contribution in [0.3, 0.4) is 0 Å². The molecule has 92 heavy (non-hydrogen) atoms. The highest BCUT2D eigenvalue weighted by atomic mass is 15.2. The van der Waals surface area contributed by atoms with Crippen molar-refractivity contribution in [1.29, 1.82) is 0 Å². The van der Waals surface area contributed by atoms with Gasteiger partial charge in [-0.2, -0.15) is 0 Å². The second-order valence-electron chi connectivity index (χ2n) is 25.3. The van der Waals surface area contributed by atoms with Gasteiger partial charge in [-0.3, -0.25) is 9.13 Å². The standard InChI is InChI=1S/C84H58N8/c1-4-17-52-18-16-25-63-60-39-36-57(50-70(60)84(2,3)77(52)63)79-67-24-9-13-27-72(67)86-83(88-79)92-76-29-15-11-22-62(76)65-41-43-74-69(81(65)92)45-47-90(74)59-37-34-51(35-38-59)53-30-31-55-49-56(33-32-54(55)48-53)78-66-23-8-12-26-71(66)85-82(87-78)91-75-28-14-10-21-61(75)64-40-42-73-68(80(64)91)44-46-89(73)58-19-6-5-7-20-58/h5-16,18-50H,4,17H2,1-3H3. The molecule has 0 atom stereocenters. The van der Waals surface area contributed by atoms with Crippen LogP contribution in [0.15, 0.2) is 273 Å². The van der Waals surface area contributed by atoms with Gasteiger partial charge in [0.1, 0.15) is 0 Å². The largest absolute Gasteiger partial charge is 0.316 e. The van der Waals surface area contributed by atoms with Crippen LogP contribution in [0.1, 0.15) is 43.9 Å². The number of rotatable bonds is 9. The summed E-state index contributed by atoms with van der Waals surface area (Å²) in [6.07, 6.45) is 6.55. The molecule has 0 aliphatic heterocycles. The predicted molar refractivity (Wildman–Crippen MR) is 380 cm³/mol. The molecule has 0 radical (unpaired) electrons. The van der Waals surface area contributed by atoms with E-state index in [4.69, 9.17) is 19.9 Å². The van der Waals surface area contributed by atoms with Gasteiger partial charge in [-0.15, -0.1) is 0 Å². The highest BCUT2D eigenvalue weighted by Crippen LogP contribution is 2.52. The molecule has 0 unspecified atom stereocenters. The first-order valence-corrected chi connectivity index (χ1v) is 31.9. The highest BCUT2D eigenvalue weighted by Gasteiger charge is 2.37. The molecule has 0 saturated carbocycles. The van der Waals surface area contributed by atoms with Crippen molar-refractivity contribution in [3.8, 4) is 68.0 Å². The summed E-state index contributed by atoms with van der Waals surface area (Å²) in [5.41, 5.74) is 23.5. The van der Waals surface area contributed by atoms with E-state index in [0.717, 1.165) is 150 Å². The number of hydrogen-bond donors (Lipinski definition) is 0. The van der Waals surface area contributed by atoms with Gasteiger partial charge in [0.15, 0.2) is 0 Å². The summed E-state index contributed by atoms with van der Waals surface area (Å²) in [5.74, 6) is 1.29. The molecule has 0 bridgehead atoms. The quantitative estimate of drug-likeness (QED) is 0.144. The molecule has 434 valence electrons. The third-order valence-electron chi connectivity index (χ3n) is 19.8. The minimum Gasteiger partial charge on any atom is -0.316 e. The van der Waals surface area contributed by atoms with Crippen LogP contribution in [0.5, 0.6) is 0 Å². The minimum absolute atomic E-state index is 0.153. The van der Waals surface area contributed by atoms with E-state index in [1.807, 2.05) is 0 Å². The summed E-state index contributed by atoms with van der Waals surface area (Å²) in [6, 6.07) is 94.5. The van der Waals surface area contributed by atoms with E-state index < -0.39 is 0 Å². The van der Waals surface area contributed by atoms with Crippen LogP contribution in [0.25, 0.3) is 166 Å². The molecule has 0 spiro atoms. The predicted octanol–water partition coefficient (Wildman–Crippen LogP) is 21.1. The number of aryl methyl sites for hydroxylation is 1. The lowest BCUT2D eigenvalue weighted by Crippen LogP contribution is -2.17. The van der Waals surface area contributed by atoms with E-state index in [1.165, 1.54) is 33.2 Å². The van der Waals surface area contributed by atoms with Gasteiger partial charge in [0.2, 0.25) is 11.9 Å². The fourth-order valence-corrected chi connectivity index (χ4v) is 15.6. The van der Waals surface area contributed by atoms with Gasteiger partial charge in [0.05, 0.1) is 55.5 Å². The van der Waals surface area contributed by atoms with E-state index in [0.29, 0.717) is 11.9 Å². The summed E-state index contributed by atoms with van der Waals surface area (Å²) in [5, 5.41) is 11.3. The van der Waals surface area contributed by atoms with Gasteiger partial charge in [0, 0.05) is 83.4 Å². The number of benzene rings is 12. The Kier molecular flexibility index (Phi) is 11.3. The lowest BCUT2D eigenvalue weighted by molar-refractivity contribution is 0.649. The molecule has 6 aromatic heterocycles. The van der Waals surface area contributed by atoms with E-state index in [1.54, 1.807) is 0 Å². The molecule has 19 rings (SSSR count). The topological polar surface area (TPSA) is 71.3 Å². The van der Waals surface area contributed by atoms with Crippen molar-refractivity contribution in [2.75, 3.05) is 0 Å². The van der Waals surface area contributed by atoms with Crippen molar-refractivity contribution in [3.63, 3.8) is 0 Å². The molecule has 0 saturated heterocycles. The van der Waals surface area contributed by atoms with Gasteiger partial charge >= 0.3 is 0 Å². The van der Waals surface area contributed by atoms with Gasteiger partial charge in [-0.1, -0.05) is 197 Å². The lowest BCUT2D eigenvalue weighted by Gasteiger charge is -2.24. The second-order valence-corrected chi connectivity index (χ2v) is 25.3. The fraction of sp³-hybridized carbons (Fsp3) is 0.0714. The first-order chi connectivity index (χ1) is 45.3. The maximum Gasteiger partial charge on any atom is 0.235 e. The fourth-order valence-electron chi connectivity index (χ4n) is 15.6. The second kappa shape index (κ2) is 19.9. The van der Waals surface area contributed by atoms with Crippen molar-refractivity contribution < 1.29 is 0 Å². The smallest absolute Gasteiger partial charge is 0.235 e. The van der Waals surface area contributed by atoms with Gasteiger partial charge in [0.25, 0.3) is 0 Å². The van der Waals surface area contributed by atoms with E-state index in [-0.39, 0.29) is 5.41 Å². The Morgan fingerprint density at radius 1 is 0.348 bits per heavy atom. The Morgan fingerprint density at radius 2 is 0.848 bits per heavy atom. The van der Waals surface area contributed by atoms with Crippen LogP contribution < -0.4 is 0 Å². The third kappa shape index (κ3) is 7.70. The summed E-state index contributed by atoms with van der Waals surface area (Å²) in [7, 11) is 0. The molecular weight excluding hydrogens is 1120 g/mol. The van der Waals surface area contributed by atoms with Crippen molar-refractivity contribution in [2.45, 2.75) is 39.0 Å². The Hall–Kier alpha value is -11.7. The average Bonchev–Trinajstić information content (AvgIpc) is 1.61. The summed E-state index contributed by atoms with van der Waals surface area (Å²) >= 11 is 0. The van der Waals surface area contributed by atoms with Crippen LogP contribution in [0.2, 0.25) is 0 Å². The Balaban J connectivity index is 0.672. The van der Waals surface area contributed by atoms with Crippen LogP contribution in [0.4, 0.5) is 0 Å². The summed E-state index contributed by atoms with van der Waals surface area (Å²) in [6.45, 7) is 7.05. The molecule has 18 aromatic rings. The van der Waals surface area contributed by atoms with Gasteiger partial charge < -0.3 is 9.13 Å². The van der Waals surface area contributed by atoms with Crippen LogP contribution in [0, 0.1) is 0 Å². The minimum atomic E-state index is -0.153. The summed E-state index contributed by atoms with van der Waals surface area (Å²) in [4.78, 5) is 21.9. The monoisotopic (exact) mass is 1180 g/mol. The van der Waals surface area contributed by atoms with Crippen LogP contribution >= 0.6 is 0 Å². The SMILES string of the molecule is CCCc1cccc2c1C(C)(C)c1cc(-c3nc(-n4c5ccccc5c5ccc6c(ccn6-c6ccc(-c7ccc8cc(-c9nc(-n%10c%11ccccc%11c%11ccc%12c(ccn%12-c%12ccccc%12)c%11%10)nc%10ccccc9%10)ccc8c7)cc6)c54)nc4ccccc34)ccc1-2. The number of nitrogens with zero attached hydrogens (tertiary/aromatic N) is 8. The number of hydrogen-bond acceptors (Lipinski definition) is 4. The zero-order valence-electron chi connectivity index (χ0n) is 51.0. The molecule has 12 aromatic carbocycles. The third-order valence-corrected chi connectivity index (χ3v) is 19.8. The number of para-hydroxylation sites is 5. The normalized spacial score (nSPS) is 12.9. The van der Waals surface area contributed by atoms with Gasteiger partial charge in [-0.25, -0.2) is 19.9 Å². The summed E-state index contributed by atoms with van der Waals surface area (Å²) < 4.78 is 9.13. The van der Waals surface area contributed by atoms with Crippen molar-refractivity contribution in [3.05, 3.63) is 290 Å². The highest BCUT2D eigenvalue weighted by molar-refractivity contribution is 6.20. The van der Waals surface area contributed by atoms with Crippen LogP contribution in [-0.4, -0.2) is 38.2 Å². The first kappa shape index (κ1) is 52.2. The molecule has 0 N–H and O–H groups in total. The molecule has 0 fully saturated rings. The molecule has 8 heteroatoms. The Bertz CT molecular complexity index is 6120. The van der Waals surface area contributed by atoms with Crippen molar-refractivity contribution in [1.82, 2.24) is 38.2 Å².